The van der Waals surface area contributed by atoms with Crippen LogP contribution >= 0.6 is 0 Å². The summed E-state index contributed by atoms with van der Waals surface area (Å²) < 4.78 is 26.5. The second-order valence-electron chi connectivity index (χ2n) is 5.54. The molecule has 1 aromatic heterocycles. The summed E-state index contributed by atoms with van der Waals surface area (Å²) in [5.74, 6) is -3.38. The van der Waals surface area contributed by atoms with Crippen molar-refractivity contribution in [1.29, 1.82) is 0 Å². The van der Waals surface area contributed by atoms with Gasteiger partial charge < -0.3 is 15.2 Å². The molecule has 7 heteroatoms. The van der Waals surface area contributed by atoms with Crippen molar-refractivity contribution in [2.45, 2.75) is 19.3 Å². The standard InChI is InChI=1S/C18H15F2N3O2/c1-2-12(18(24)25)10-3-5-11(6-4-10)22-17-9-21-15-7-13(19)14(20)8-16(15)23-17/h3-9,12H,2H2,1H3,(H,22,23)(H,24,25)/p-1. The van der Waals surface area contributed by atoms with Crippen molar-refractivity contribution in [3.63, 3.8) is 0 Å². The van der Waals surface area contributed by atoms with Gasteiger partial charge in [0, 0.05) is 29.7 Å². The predicted octanol–water partition coefficient (Wildman–Crippen LogP) is 2.90. The van der Waals surface area contributed by atoms with E-state index in [0.29, 0.717) is 23.5 Å². The predicted molar refractivity (Wildman–Crippen MR) is 87.2 cm³/mol. The zero-order valence-corrected chi connectivity index (χ0v) is 13.3. The molecule has 1 N–H and O–H groups in total. The Balaban J connectivity index is 1.83. The van der Waals surface area contributed by atoms with Crippen LogP contribution in [-0.2, 0) is 4.79 Å². The Bertz CT molecular complexity index is 930. The largest absolute Gasteiger partial charge is 0.549 e. The van der Waals surface area contributed by atoms with Gasteiger partial charge in [-0.25, -0.2) is 13.8 Å². The number of anilines is 2. The van der Waals surface area contributed by atoms with Crippen molar-refractivity contribution in [2.75, 3.05) is 5.32 Å². The fraction of sp³-hybridized carbons (Fsp3) is 0.167. The minimum atomic E-state index is -1.11. The number of carbonyl (C=O) groups is 1. The van der Waals surface area contributed by atoms with Crippen LogP contribution in [-0.4, -0.2) is 15.9 Å². The fourth-order valence-corrected chi connectivity index (χ4v) is 2.55. The van der Waals surface area contributed by atoms with Crippen LogP contribution in [0.25, 0.3) is 11.0 Å². The zero-order chi connectivity index (χ0) is 18.0. The lowest BCUT2D eigenvalue weighted by Gasteiger charge is -2.16. The molecule has 3 rings (SSSR count). The monoisotopic (exact) mass is 342 g/mol. The number of carboxylic acids is 1. The maximum Gasteiger partial charge on any atom is 0.161 e. The summed E-state index contributed by atoms with van der Waals surface area (Å²) in [6.45, 7) is 1.78. The van der Waals surface area contributed by atoms with Gasteiger partial charge in [0.1, 0.15) is 5.82 Å². The number of carbonyl (C=O) groups excluding carboxylic acids is 1. The quantitative estimate of drug-likeness (QED) is 0.771. The van der Waals surface area contributed by atoms with E-state index < -0.39 is 23.5 Å². The number of nitrogens with one attached hydrogen (secondary N) is 1. The number of nitrogens with zero attached hydrogens (tertiary/aromatic N) is 2. The number of aromatic nitrogens is 2. The number of hydrogen-bond acceptors (Lipinski definition) is 5. The first-order valence-electron chi connectivity index (χ1n) is 7.67. The van der Waals surface area contributed by atoms with E-state index >= 15 is 0 Å². The van der Waals surface area contributed by atoms with Gasteiger partial charge in [0.15, 0.2) is 11.6 Å². The highest BCUT2D eigenvalue weighted by atomic mass is 19.2. The van der Waals surface area contributed by atoms with E-state index in [1.165, 1.54) is 6.20 Å². The maximum absolute atomic E-state index is 13.3. The lowest BCUT2D eigenvalue weighted by atomic mass is 9.96. The van der Waals surface area contributed by atoms with Crippen molar-refractivity contribution in [3.05, 3.63) is 59.8 Å². The van der Waals surface area contributed by atoms with E-state index in [-0.39, 0.29) is 11.0 Å². The highest BCUT2D eigenvalue weighted by Crippen LogP contribution is 2.23. The first kappa shape index (κ1) is 16.8. The van der Waals surface area contributed by atoms with Crippen LogP contribution < -0.4 is 10.4 Å². The number of halogens is 2. The second kappa shape index (κ2) is 6.80. The first-order valence-corrected chi connectivity index (χ1v) is 7.67. The summed E-state index contributed by atoms with van der Waals surface area (Å²) >= 11 is 0. The van der Waals surface area contributed by atoms with E-state index in [0.717, 1.165) is 12.1 Å². The molecule has 0 amide bonds. The summed E-state index contributed by atoms with van der Waals surface area (Å²) in [5, 5.41) is 14.1. The lowest BCUT2D eigenvalue weighted by molar-refractivity contribution is -0.308. The minimum absolute atomic E-state index is 0.225. The van der Waals surface area contributed by atoms with Crippen molar-refractivity contribution < 1.29 is 18.7 Å². The van der Waals surface area contributed by atoms with Gasteiger partial charge >= 0.3 is 0 Å². The van der Waals surface area contributed by atoms with E-state index in [1.54, 1.807) is 31.2 Å². The molecular weight excluding hydrogens is 328 g/mol. The molecule has 0 bridgehead atoms. The highest BCUT2D eigenvalue weighted by Gasteiger charge is 2.11. The average molecular weight is 342 g/mol. The van der Waals surface area contributed by atoms with Crippen molar-refractivity contribution in [3.8, 4) is 0 Å². The van der Waals surface area contributed by atoms with Gasteiger partial charge in [-0.3, -0.25) is 4.98 Å². The SMILES string of the molecule is CCC(C(=O)[O-])c1ccc(Nc2cnc3cc(F)c(F)cc3n2)cc1. The van der Waals surface area contributed by atoms with Crippen LogP contribution in [0.1, 0.15) is 24.8 Å². The Hall–Kier alpha value is -3.09. The van der Waals surface area contributed by atoms with Gasteiger partial charge in [0.05, 0.1) is 17.2 Å². The summed E-state index contributed by atoms with van der Waals surface area (Å²) in [6.07, 6.45) is 1.84. The van der Waals surface area contributed by atoms with Crippen LogP contribution in [0, 0.1) is 11.6 Å². The van der Waals surface area contributed by atoms with Crippen LogP contribution in [0.4, 0.5) is 20.3 Å². The number of aliphatic carboxylic acids is 1. The van der Waals surface area contributed by atoms with E-state index in [9.17, 15) is 18.7 Å². The van der Waals surface area contributed by atoms with Crippen molar-refractivity contribution >= 4 is 28.5 Å². The lowest BCUT2D eigenvalue weighted by Crippen LogP contribution is -2.29. The Morgan fingerprint density at radius 1 is 1.16 bits per heavy atom. The molecule has 5 nitrogen and oxygen atoms in total. The molecule has 1 heterocycles. The molecule has 0 fully saturated rings. The third-order valence-corrected chi connectivity index (χ3v) is 3.86. The van der Waals surface area contributed by atoms with E-state index in [1.807, 2.05) is 0 Å². The molecule has 0 saturated carbocycles. The molecule has 0 aliphatic carbocycles. The molecule has 25 heavy (non-hydrogen) atoms. The van der Waals surface area contributed by atoms with Crippen molar-refractivity contribution in [1.82, 2.24) is 9.97 Å². The third kappa shape index (κ3) is 3.55. The molecule has 0 radical (unpaired) electrons. The molecule has 128 valence electrons. The summed E-state index contributed by atoms with van der Waals surface area (Å²) in [5.41, 5.74) is 1.78. The number of benzene rings is 2. The van der Waals surface area contributed by atoms with Crippen LogP contribution in [0.15, 0.2) is 42.6 Å². The van der Waals surface area contributed by atoms with Gasteiger partial charge in [-0.1, -0.05) is 19.1 Å². The maximum atomic E-state index is 13.3. The summed E-state index contributed by atoms with van der Waals surface area (Å²) in [7, 11) is 0. The van der Waals surface area contributed by atoms with Gasteiger partial charge in [-0.15, -0.1) is 0 Å². The van der Waals surface area contributed by atoms with Crippen LogP contribution in [0.5, 0.6) is 0 Å². The first-order chi connectivity index (χ1) is 12.0. The number of hydrogen-bond donors (Lipinski definition) is 1. The van der Waals surface area contributed by atoms with Gasteiger partial charge in [0.25, 0.3) is 0 Å². The average Bonchev–Trinajstić information content (AvgIpc) is 2.58. The highest BCUT2D eigenvalue weighted by molar-refractivity contribution is 5.77. The minimum Gasteiger partial charge on any atom is -0.549 e. The molecule has 0 aliphatic heterocycles. The molecule has 2 aromatic carbocycles. The summed E-state index contributed by atoms with van der Waals surface area (Å²) in [4.78, 5) is 19.3. The molecule has 0 saturated heterocycles. The Morgan fingerprint density at radius 2 is 1.80 bits per heavy atom. The molecule has 1 unspecified atom stereocenters. The fourth-order valence-electron chi connectivity index (χ4n) is 2.55. The second-order valence-corrected chi connectivity index (χ2v) is 5.54. The zero-order valence-electron chi connectivity index (χ0n) is 13.3. The van der Waals surface area contributed by atoms with E-state index in [2.05, 4.69) is 15.3 Å². The van der Waals surface area contributed by atoms with Gasteiger partial charge in [-0.05, 0) is 24.1 Å². The topological polar surface area (TPSA) is 77.9 Å². The number of carboxylic acid groups (broad SMARTS) is 1. The molecular formula is C18H14F2N3O2-. The summed E-state index contributed by atoms with van der Waals surface area (Å²) in [6, 6.07) is 8.76. The normalized spacial score (nSPS) is 12.1. The van der Waals surface area contributed by atoms with Crippen LogP contribution in [0.2, 0.25) is 0 Å². The number of rotatable bonds is 5. The van der Waals surface area contributed by atoms with E-state index in [4.69, 9.17) is 0 Å². The van der Waals surface area contributed by atoms with Crippen LogP contribution in [0.3, 0.4) is 0 Å². The Morgan fingerprint density at radius 3 is 2.40 bits per heavy atom. The van der Waals surface area contributed by atoms with Gasteiger partial charge in [-0.2, -0.15) is 0 Å². The third-order valence-electron chi connectivity index (χ3n) is 3.86. The smallest absolute Gasteiger partial charge is 0.161 e. The molecule has 0 spiro atoms. The Kier molecular flexibility index (Phi) is 4.56. The van der Waals surface area contributed by atoms with Crippen molar-refractivity contribution in [2.24, 2.45) is 0 Å². The number of fused-ring (bicyclic) bond motifs is 1. The molecule has 0 aliphatic rings. The molecule has 3 aromatic rings. The molecule has 1 atom stereocenters. The Labute approximate surface area is 142 Å². The van der Waals surface area contributed by atoms with Gasteiger partial charge in [0.2, 0.25) is 0 Å².